The SMILES string of the molecule is CC(CNc1nc2c(cc1C(N)=S)CCC2)C(C)(C)C. The molecule has 0 amide bonds. The number of hydrogen-bond acceptors (Lipinski definition) is 3. The number of hydrogen-bond donors (Lipinski definition) is 2. The second kappa shape index (κ2) is 5.68. The van der Waals surface area contributed by atoms with E-state index in [2.05, 4.69) is 39.1 Å². The van der Waals surface area contributed by atoms with Crippen LogP contribution in [-0.4, -0.2) is 16.5 Å². The third-order valence-electron chi connectivity index (χ3n) is 4.37. The van der Waals surface area contributed by atoms with E-state index < -0.39 is 0 Å². The zero-order chi connectivity index (χ0) is 14.9. The first-order valence-corrected chi connectivity index (χ1v) is 7.76. The van der Waals surface area contributed by atoms with Crippen molar-refractivity contribution >= 4 is 23.0 Å². The van der Waals surface area contributed by atoms with Gasteiger partial charge in [-0.05, 0) is 42.2 Å². The number of fused-ring (bicyclic) bond motifs is 1. The lowest BCUT2D eigenvalue weighted by molar-refractivity contribution is 0.274. The molecule has 20 heavy (non-hydrogen) atoms. The molecule has 3 nitrogen and oxygen atoms in total. The van der Waals surface area contributed by atoms with E-state index in [-0.39, 0.29) is 5.41 Å². The van der Waals surface area contributed by atoms with Crippen molar-refractivity contribution in [3.8, 4) is 0 Å². The number of nitrogens with zero attached hydrogens (tertiary/aromatic N) is 1. The molecule has 0 saturated carbocycles. The molecule has 110 valence electrons. The summed E-state index contributed by atoms with van der Waals surface area (Å²) in [6.07, 6.45) is 3.34. The van der Waals surface area contributed by atoms with E-state index in [9.17, 15) is 0 Å². The molecule has 1 heterocycles. The zero-order valence-corrected chi connectivity index (χ0v) is 13.7. The van der Waals surface area contributed by atoms with Gasteiger partial charge in [0.15, 0.2) is 0 Å². The highest BCUT2D eigenvalue weighted by atomic mass is 32.1. The smallest absolute Gasteiger partial charge is 0.136 e. The predicted octanol–water partition coefficient (Wildman–Crippen LogP) is 3.30. The number of nitrogens with two attached hydrogens (primary N) is 1. The molecular weight excluding hydrogens is 266 g/mol. The first kappa shape index (κ1) is 15.2. The van der Waals surface area contributed by atoms with Gasteiger partial charge in [0.2, 0.25) is 0 Å². The molecule has 1 atom stereocenters. The Morgan fingerprint density at radius 1 is 1.45 bits per heavy atom. The normalized spacial score (nSPS) is 15.8. The summed E-state index contributed by atoms with van der Waals surface area (Å²) in [6, 6.07) is 2.13. The average Bonchev–Trinajstić information content (AvgIpc) is 2.80. The molecule has 0 aromatic carbocycles. The molecule has 1 aromatic rings. The maximum atomic E-state index is 5.85. The minimum Gasteiger partial charge on any atom is -0.389 e. The number of nitrogens with one attached hydrogen (secondary N) is 1. The van der Waals surface area contributed by atoms with Crippen molar-refractivity contribution in [1.29, 1.82) is 0 Å². The van der Waals surface area contributed by atoms with Crippen molar-refractivity contribution in [1.82, 2.24) is 4.98 Å². The molecule has 1 aromatic heterocycles. The van der Waals surface area contributed by atoms with Crippen LogP contribution in [0.3, 0.4) is 0 Å². The third-order valence-corrected chi connectivity index (χ3v) is 4.59. The van der Waals surface area contributed by atoms with E-state index in [0.717, 1.165) is 30.8 Å². The summed E-state index contributed by atoms with van der Waals surface area (Å²) >= 11 is 5.17. The highest BCUT2D eigenvalue weighted by Gasteiger charge is 2.22. The summed E-state index contributed by atoms with van der Waals surface area (Å²) in [5.41, 5.74) is 9.53. The van der Waals surface area contributed by atoms with Crippen molar-refractivity contribution in [2.24, 2.45) is 17.1 Å². The fourth-order valence-corrected chi connectivity index (χ4v) is 2.51. The third kappa shape index (κ3) is 3.29. The lowest BCUT2D eigenvalue weighted by atomic mass is 9.82. The van der Waals surface area contributed by atoms with E-state index >= 15 is 0 Å². The van der Waals surface area contributed by atoms with Crippen LogP contribution >= 0.6 is 12.2 Å². The van der Waals surface area contributed by atoms with Crippen LogP contribution in [0.15, 0.2) is 6.07 Å². The highest BCUT2D eigenvalue weighted by molar-refractivity contribution is 7.80. The molecule has 0 saturated heterocycles. The van der Waals surface area contributed by atoms with Crippen LogP contribution in [-0.2, 0) is 12.8 Å². The van der Waals surface area contributed by atoms with Crippen LogP contribution in [0.1, 0.15) is 50.9 Å². The van der Waals surface area contributed by atoms with Gasteiger partial charge in [-0.25, -0.2) is 4.98 Å². The van der Waals surface area contributed by atoms with Gasteiger partial charge in [0, 0.05) is 12.2 Å². The largest absolute Gasteiger partial charge is 0.389 e. The quantitative estimate of drug-likeness (QED) is 0.836. The van der Waals surface area contributed by atoms with Gasteiger partial charge < -0.3 is 11.1 Å². The number of anilines is 1. The fraction of sp³-hybridized carbons (Fsp3) is 0.625. The molecule has 1 aliphatic carbocycles. The van der Waals surface area contributed by atoms with Crippen LogP contribution in [0.2, 0.25) is 0 Å². The monoisotopic (exact) mass is 291 g/mol. The van der Waals surface area contributed by atoms with Gasteiger partial charge >= 0.3 is 0 Å². The van der Waals surface area contributed by atoms with Gasteiger partial charge in [-0.1, -0.05) is 39.9 Å². The summed E-state index contributed by atoms with van der Waals surface area (Å²) in [4.78, 5) is 5.18. The Bertz CT molecular complexity index is 517. The molecule has 3 N–H and O–H groups in total. The van der Waals surface area contributed by atoms with Crippen molar-refractivity contribution in [2.45, 2.75) is 47.0 Å². The van der Waals surface area contributed by atoms with Crippen LogP contribution in [0.4, 0.5) is 5.82 Å². The van der Waals surface area contributed by atoms with E-state index in [4.69, 9.17) is 22.9 Å². The molecule has 0 fully saturated rings. The summed E-state index contributed by atoms with van der Waals surface area (Å²) in [5, 5.41) is 3.45. The maximum Gasteiger partial charge on any atom is 0.136 e. The topological polar surface area (TPSA) is 50.9 Å². The lowest BCUT2D eigenvalue weighted by Gasteiger charge is -2.28. The number of pyridine rings is 1. The number of thiocarbonyl (C=S) groups is 1. The predicted molar refractivity (Wildman–Crippen MR) is 89.3 cm³/mol. The molecular formula is C16H25N3S. The minimum atomic E-state index is 0.271. The molecule has 0 radical (unpaired) electrons. The zero-order valence-electron chi connectivity index (χ0n) is 12.9. The van der Waals surface area contributed by atoms with Crippen LogP contribution < -0.4 is 11.1 Å². The number of aryl methyl sites for hydroxylation is 2. The second-order valence-electron chi connectivity index (χ2n) is 6.86. The van der Waals surface area contributed by atoms with Crippen LogP contribution in [0.25, 0.3) is 0 Å². The first-order valence-electron chi connectivity index (χ1n) is 7.35. The molecule has 0 bridgehead atoms. The summed E-state index contributed by atoms with van der Waals surface area (Å²) in [6.45, 7) is 9.89. The summed E-state index contributed by atoms with van der Waals surface area (Å²) < 4.78 is 0. The Hall–Kier alpha value is -1.16. The Kier molecular flexibility index (Phi) is 4.33. The van der Waals surface area contributed by atoms with Gasteiger partial charge in [-0.3, -0.25) is 0 Å². The van der Waals surface area contributed by atoms with Gasteiger partial charge in [-0.15, -0.1) is 0 Å². The highest BCUT2D eigenvalue weighted by Crippen LogP contribution is 2.28. The van der Waals surface area contributed by atoms with Gasteiger partial charge in [-0.2, -0.15) is 0 Å². The van der Waals surface area contributed by atoms with E-state index in [1.807, 2.05) is 0 Å². The minimum absolute atomic E-state index is 0.271. The number of rotatable bonds is 4. The molecule has 0 aliphatic heterocycles. The molecule has 1 unspecified atom stereocenters. The Balaban J connectivity index is 2.20. The van der Waals surface area contributed by atoms with Gasteiger partial charge in [0.25, 0.3) is 0 Å². The van der Waals surface area contributed by atoms with Crippen molar-refractivity contribution in [2.75, 3.05) is 11.9 Å². The van der Waals surface area contributed by atoms with Crippen molar-refractivity contribution in [3.05, 3.63) is 22.9 Å². The Morgan fingerprint density at radius 3 is 2.75 bits per heavy atom. The summed E-state index contributed by atoms with van der Waals surface area (Å²) in [5.74, 6) is 1.39. The second-order valence-corrected chi connectivity index (χ2v) is 7.30. The maximum absolute atomic E-state index is 5.85. The van der Waals surface area contributed by atoms with Crippen molar-refractivity contribution in [3.63, 3.8) is 0 Å². The molecule has 4 heteroatoms. The number of aromatic nitrogens is 1. The van der Waals surface area contributed by atoms with Gasteiger partial charge in [0.1, 0.15) is 10.8 Å². The Labute approximate surface area is 127 Å². The van der Waals surface area contributed by atoms with E-state index in [1.54, 1.807) is 0 Å². The lowest BCUT2D eigenvalue weighted by Crippen LogP contribution is -2.26. The first-order chi connectivity index (χ1) is 9.29. The van der Waals surface area contributed by atoms with E-state index in [0.29, 0.717) is 10.9 Å². The van der Waals surface area contributed by atoms with Crippen LogP contribution in [0.5, 0.6) is 0 Å². The molecule has 0 spiro atoms. The molecule has 1 aliphatic rings. The standard InChI is InChI=1S/C16H25N3S/c1-10(16(2,3)4)9-18-15-12(14(17)20)8-11-6-5-7-13(11)19-15/h8,10H,5-7,9H2,1-4H3,(H2,17,20)(H,18,19). The average molecular weight is 291 g/mol. The Morgan fingerprint density at radius 2 is 2.15 bits per heavy atom. The molecule has 2 rings (SSSR count). The fourth-order valence-electron chi connectivity index (χ4n) is 2.35. The van der Waals surface area contributed by atoms with Crippen LogP contribution in [0, 0.1) is 11.3 Å². The van der Waals surface area contributed by atoms with E-state index in [1.165, 1.54) is 17.7 Å². The van der Waals surface area contributed by atoms with Crippen molar-refractivity contribution < 1.29 is 0 Å². The van der Waals surface area contributed by atoms with Gasteiger partial charge in [0.05, 0.1) is 5.56 Å². The summed E-state index contributed by atoms with van der Waals surface area (Å²) in [7, 11) is 0.